The van der Waals surface area contributed by atoms with E-state index in [1.165, 1.54) is 9.75 Å². The lowest BCUT2D eigenvalue weighted by atomic mass is 10.3. The largest absolute Gasteiger partial charge is 0.378 e. The van der Waals surface area contributed by atoms with Gasteiger partial charge in [-0.15, -0.1) is 11.3 Å². The lowest BCUT2D eigenvalue weighted by Gasteiger charge is -2.03. The molecule has 0 bridgehead atoms. The second kappa shape index (κ2) is 6.30. The van der Waals surface area contributed by atoms with E-state index < -0.39 is 0 Å². The van der Waals surface area contributed by atoms with Gasteiger partial charge in [0.05, 0.1) is 11.9 Å². The Labute approximate surface area is 128 Å². The zero-order valence-electron chi connectivity index (χ0n) is 12.1. The van der Waals surface area contributed by atoms with Gasteiger partial charge in [0.25, 0.3) is 0 Å². The van der Waals surface area contributed by atoms with E-state index in [1.54, 1.807) is 10.9 Å². The van der Waals surface area contributed by atoms with Crippen molar-refractivity contribution in [3.8, 4) is 0 Å². The van der Waals surface area contributed by atoms with Gasteiger partial charge in [-0.05, 0) is 31.4 Å². The minimum Gasteiger partial charge on any atom is -0.378 e. The van der Waals surface area contributed by atoms with Crippen LogP contribution in [0, 0.1) is 0 Å². The summed E-state index contributed by atoms with van der Waals surface area (Å²) >= 11 is 1.83. The van der Waals surface area contributed by atoms with E-state index in [9.17, 15) is 4.79 Å². The predicted molar refractivity (Wildman–Crippen MR) is 84.4 cm³/mol. The summed E-state index contributed by atoms with van der Waals surface area (Å²) in [5.41, 5.74) is 0.945. The first-order valence-electron chi connectivity index (χ1n) is 7.36. The van der Waals surface area contributed by atoms with Gasteiger partial charge in [-0.3, -0.25) is 9.48 Å². The predicted octanol–water partition coefficient (Wildman–Crippen LogP) is 2.40. The maximum atomic E-state index is 11.7. The number of hydrogen-bond acceptors (Lipinski definition) is 4. The molecule has 0 saturated heterocycles. The monoisotopic (exact) mass is 304 g/mol. The number of aryl methyl sites for hydroxylation is 1. The summed E-state index contributed by atoms with van der Waals surface area (Å²) < 4.78 is 1.67. The van der Waals surface area contributed by atoms with Crippen LogP contribution in [0.15, 0.2) is 24.5 Å². The number of hydrogen-bond donors (Lipinski definition) is 2. The average Bonchev–Trinajstić information content (AvgIpc) is 3.00. The van der Waals surface area contributed by atoms with Gasteiger partial charge in [-0.2, -0.15) is 5.10 Å². The molecule has 0 atom stereocenters. The number of aromatic nitrogens is 2. The highest BCUT2D eigenvalue weighted by atomic mass is 32.1. The second-order valence-corrected chi connectivity index (χ2v) is 6.60. The Kier molecular flexibility index (Phi) is 4.24. The molecule has 2 heterocycles. The van der Waals surface area contributed by atoms with Crippen molar-refractivity contribution in [2.75, 3.05) is 5.32 Å². The molecule has 0 unspecified atom stereocenters. The number of nitrogens with zero attached hydrogens (tertiary/aromatic N) is 2. The standard InChI is InChI=1S/C15H20N4OS/c1-2-13-5-6-14(21-13)8-16-12-7-17-19(9-12)10-15(20)18-11-3-4-11/h5-7,9,11,16H,2-4,8,10H2,1H3,(H,18,20). The molecule has 1 aliphatic carbocycles. The van der Waals surface area contributed by atoms with Crippen molar-refractivity contribution in [1.82, 2.24) is 15.1 Å². The number of carbonyl (C=O) groups excluding carboxylic acids is 1. The Morgan fingerprint density at radius 1 is 1.43 bits per heavy atom. The molecule has 0 spiro atoms. The van der Waals surface area contributed by atoms with Crippen LogP contribution in [0.3, 0.4) is 0 Å². The van der Waals surface area contributed by atoms with Gasteiger partial charge in [-0.25, -0.2) is 0 Å². The molecule has 112 valence electrons. The fourth-order valence-electron chi connectivity index (χ4n) is 2.09. The molecule has 0 aromatic carbocycles. The van der Waals surface area contributed by atoms with Crippen LogP contribution in [0.1, 0.15) is 29.5 Å². The summed E-state index contributed by atoms with van der Waals surface area (Å²) in [4.78, 5) is 14.4. The number of anilines is 1. The molecule has 2 aromatic heterocycles. The Balaban J connectivity index is 1.48. The molecule has 21 heavy (non-hydrogen) atoms. The third kappa shape index (κ3) is 4.07. The van der Waals surface area contributed by atoms with Gasteiger partial charge in [0.1, 0.15) is 6.54 Å². The summed E-state index contributed by atoms with van der Waals surface area (Å²) in [7, 11) is 0. The third-order valence-corrected chi connectivity index (χ3v) is 4.64. The van der Waals surface area contributed by atoms with Crippen molar-refractivity contribution >= 4 is 22.9 Å². The minimum atomic E-state index is 0.0398. The first-order valence-corrected chi connectivity index (χ1v) is 8.18. The first kappa shape index (κ1) is 14.1. The van der Waals surface area contributed by atoms with Crippen molar-refractivity contribution in [1.29, 1.82) is 0 Å². The maximum Gasteiger partial charge on any atom is 0.241 e. The smallest absolute Gasteiger partial charge is 0.241 e. The van der Waals surface area contributed by atoms with Crippen LogP contribution in [-0.2, 0) is 24.3 Å². The van der Waals surface area contributed by atoms with Crippen molar-refractivity contribution in [3.63, 3.8) is 0 Å². The normalized spacial score (nSPS) is 14.1. The van der Waals surface area contributed by atoms with Gasteiger partial charge in [0, 0.05) is 28.5 Å². The lowest BCUT2D eigenvalue weighted by Crippen LogP contribution is -2.29. The van der Waals surface area contributed by atoms with E-state index >= 15 is 0 Å². The molecule has 2 N–H and O–H groups in total. The maximum absolute atomic E-state index is 11.7. The molecule has 5 nitrogen and oxygen atoms in total. The van der Waals surface area contributed by atoms with Crippen molar-refractivity contribution < 1.29 is 4.79 Å². The molecule has 0 aliphatic heterocycles. The van der Waals surface area contributed by atoms with E-state index in [1.807, 2.05) is 17.5 Å². The Morgan fingerprint density at radius 2 is 2.24 bits per heavy atom. The Morgan fingerprint density at radius 3 is 2.95 bits per heavy atom. The summed E-state index contributed by atoms with van der Waals surface area (Å²) in [6.45, 7) is 3.25. The first-order chi connectivity index (χ1) is 10.2. The molecule has 1 fully saturated rings. The Bertz CT molecular complexity index is 615. The van der Waals surface area contributed by atoms with E-state index in [4.69, 9.17) is 0 Å². The molecule has 1 saturated carbocycles. The quantitative estimate of drug-likeness (QED) is 0.826. The lowest BCUT2D eigenvalue weighted by molar-refractivity contribution is -0.122. The molecule has 1 aliphatic rings. The fourth-order valence-corrected chi connectivity index (χ4v) is 2.98. The molecule has 3 rings (SSSR count). The average molecular weight is 304 g/mol. The molecule has 6 heteroatoms. The van der Waals surface area contributed by atoms with Crippen LogP contribution in [0.4, 0.5) is 5.69 Å². The third-order valence-electron chi connectivity index (χ3n) is 3.41. The van der Waals surface area contributed by atoms with Crippen molar-refractivity contribution in [2.24, 2.45) is 0 Å². The van der Waals surface area contributed by atoms with Gasteiger partial charge in [0.15, 0.2) is 0 Å². The van der Waals surface area contributed by atoms with Crippen LogP contribution < -0.4 is 10.6 Å². The van der Waals surface area contributed by atoms with Gasteiger partial charge in [0.2, 0.25) is 5.91 Å². The number of nitrogens with one attached hydrogen (secondary N) is 2. The summed E-state index contributed by atoms with van der Waals surface area (Å²) in [5.74, 6) is 0.0398. The van der Waals surface area contributed by atoms with E-state index in [0.29, 0.717) is 6.04 Å². The van der Waals surface area contributed by atoms with Crippen molar-refractivity contribution in [3.05, 3.63) is 34.3 Å². The van der Waals surface area contributed by atoms with Crippen LogP contribution in [0.25, 0.3) is 0 Å². The van der Waals surface area contributed by atoms with Gasteiger partial charge in [-0.1, -0.05) is 6.92 Å². The van der Waals surface area contributed by atoms with E-state index in [2.05, 4.69) is 34.8 Å². The Hall–Kier alpha value is -1.82. The van der Waals surface area contributed by atoms with Crippen molar-refractivity contribution in [2.45, 2.75) is 45.3 Å². The SMILES string of the molecule is CCc1ccc(CNc2cnn(CC(=O)NC3CC3)c2)s1. The van der Waals surface area contributed by atoms with Gasteiger partial charge >= 0.3 is 0 Å². The molecular weight excluding hydrogens is 284 g/mol. The number of thiophene rings is 1. The van der Waals surface area contributed by atoms with Crippen LogP contribution in [0.2, 0.25) is 0 Å². The summed E-state index contributed by atoms with van der Waals surface area (Å²) in [5, 5.41) is 10.5. The minimum absolute atomic E-state index is 0.0398. The molecule has 0 radical (unpaired) electrons. The van der Waals surface area contributed by atoms with Crippen LogP contribution in [-0.4, -0.2) is 21.7 Å². The zero-order valence-corrected chi connectivity index (χ0v) is 12.9. The topological polar surface area (TPSA) is 59.0 Å². The second-order valence-electron chi connectivity index (χ2n) is 5.34. The summed E-state index contributed by atoms with van der Waals surface area (Å²) in [6.07, 6.45) is 6.94. The number of amides is 1. The molecule has 1 amide bonds. The number of rotatable bonds is 7. The highest BCUT2D eigenvalue weighted by Gasteiger charge is 2.23. The van der Waals surface area contributed by atoms with Gasteiger partial charge < -0.3 is 10.6 Å². The van der Waals surface area contributed by atoms with Crippen LogP contribution in [0.5, 0.6) is 0 Å². The highest BCUT2D eigenvalue weighted by molar-refractivity contribution is 7.12. The van der Waals surface area contributed by atoms with E-state index in [0.717, 1.165) is 31.5 Å². The van der Waals surface area contributed by atoms with E-state index in [-0.39, 0.29) is 12.5 Å². The summed E-state index contributed by atoms with van der Waals surface area (Å²) in [6, 6.07) is 4.73. The highest BCUT2D eigenvalue weighted by Crippen LogP contribution is 2.19. The number of carbonyl (C=O) groups is 1. The molecular formula is C15H20N4OS. The zero-order chi connectivity index (χ0) is 14.7. The molecule has 2 aromatic rings. The van der Waals surface area contributed by atoms with Crippen LogP contribution >= 0.6 is 11.3 Å². The fraction of sp³-hybridized carbons (Fsp3) is 0.467.